The number of rotatable bonds is 1. The highest BCUT2D eigenvalue weighted by molar-refractivity contribution is 6.32. The van der Waals surface area contributed by atoms with E-state index >= 15 is 0 Å². The summed E-state index contributed by atoms with van der Waals surface area (Å²) in [5.74, 6) is 0.152. The molecule has 0 aromatic heterocycles. The number of hydrogen-bond donors (Lipinski definition) is 1. The number of benzene rings is 1. The molecule has 0 spiro atoms. The van der Waals surface area contributed by atoms with Gasteiger partial charge in [0.05, 0.1) is 5.02 Å². The highest BCUT2D eigenvalue weighted by Gasteiger charge is 2.11. The summed E-state index contributed by atoms with van der Waals surface area (Å²) in [7, 11) is 0. The summed E-state index contributed by atoms with van der Waals surface area (Å²) < 4.78 is 0. The van der Waals surface area contributed by atoms with E-state index in [1.54, 1.807) is 6.07 Å². The molecular weight excluding hydrogens is 184 g/mol. The predicted molar refractivity (Wildman–Crippen MR) is 56.3 cm³/mol. The maximum absolute atomic E-state index is 9.21. The summed E-state index contributed by atoms with van der Waals surface area (Å²) in [4.78, 5) is 0. The van der Waals surface area contributed by atoms with Gasteiger partial charge in [-0.25, -0.2) is 0 Å². The molecule has 0 heterocycles. The van der Waals surface area contributed by atoms with Crippen LogP contribution in [0.1, 0.15) is 26.3 Å². The molecule has 2 heteroatoms. The van der Waals surface area contributed by atoms with Gasteiger partial charge in [-0.3, -0.25) is 0 Å². The maximum Gasteiger partial charge on any atom is 0.134 e. The van der Waals surface area contributed by atoms with Gasteiger partial charge >= 0.3 is 0 Å². The molecule has 72 valence electrons. The monoisotopic (exact) mass is 198 g/mol. The maximum atomic E-state index is 9.21. The average molecular weight is 199 g/mol. The molecule has 0 saturated heterocycles. The van der Waals surface area contributed by atoms with Crippen LogP contribution in [0.5, 0.6) is 5.75 Å². The second-order valence-corrected chi connectivity index (χ2v) is 4.93. The summed E-state index contributed by atoms with van der Waals surface area (Å²) in [6.45, 7) is 6.52. The lowest BCUT2D eigenvalue weighted by molar-refractivity contribution is 0.410. The largest absolute Gasteiger partial charge is 0.506 e. The molecule has 0 fully saturated rings. The van der Waals surface area contributed by atoms with E-state index in [0.29, 0.717) is 5.02 Å². The van der Waals surface area contributed by atoms with Crippen LogP contribution in [0, 0.1) is 5.41 Å². The summed E-state index contributed by atoms with van der Waals surface area (Å²) in [5.41, 5.74) is 1.41. The van der Waals surface area contributed by atoms with Gasteiger partial charge in [0.1, 0.15) is 5.75 Å². The third-order valence-corrected chi connectivity index (χ3v) is 2.05. The summed E-state index contributed by atoms with van der Waals surface area (Å²) in [5, 5.41) is 9.64. The van der Waals surface area contributed by atoms with E-state index in [9.17, 15) is 5.11 Å². The van der Waals surface area contributed by atoms with Crippen molar-refractivity contribution in [2.75, 3.05) is 0 Å². The Bertz CT molecular complexity index is 299. The number of phenols is 1. The van der Waals surface area contributed by atoms with E-state index < -0.39 is 0 Å². The third-order valence-electron chi connectivity index (χ3n) is 1.75. The minimum absolute atomic E-state index is 0.152. The SMILES string of the molecule is CC(C)(C)Cc1ccc(O)c(Cl)c1. The van der Waals surface area contributed by atoms with Crippen molar-refractivity contribution in [3.05, 3.63) is 28.8 Å². The van der Waals surface area contributed by atoms with Crippen molar-refractivity contribution >= 4 is 11.6 Å². The molecule has 1 aromatic rings. The van der Waals surface area contributed by atoms with E-state index in [2.05, 4.69) is 20.8 Å². The van der Waals surface area contributed by atoms with Crippen molar-refractivity contribution in [3.63, 3.8) is 0 Å². The molecule has 1 aromatic carbocycles. The van der Waals surface area contributed by atoms with Crippen LogP contribution >= 0.6 is 11.6 Å². The molecule has 1 nitrogen and oxygen atoms in total. The molecule has 0 amide bonds. The van der Waals surface area contributed by atoms with Gasteiger partial charge < -0.3 is 5.11 Å². The normalized spacial score (nSPS) is 11.7. The van der Waals surface area contributed by atoms with Crippen LogP contribution in [0.3, 0.4) is 0 Å². The minimum Gasteiger partial charge on any atom is -0.506 e. The Kier molecular flexibility index (Phi) is 2.87. The fourth-order valence-corrected chi connectivity index (χ4v) is 1.48. The summed E-state index contributed by atoms with van der Waals surface area (Å²) in [6.07, 6.45) is 0.965. The molecule has 0 aliphatic heterocycles. The minimum atomic E-state index is 0.152. The molecular formula is C11H15ClO. The Balaban J connectivity index is 2.86. The smallest absolute Gasteiger partial charge is 0.134 e. The van der Waals surface area contributed by atoms with Crippen LogP contribution in [-0.4, -0.2) is 5.11 Å². The fraction of sp³-hybridized carbons (Fsp3) is 0.455. The fourth-order valence-electron chi connectivity index (χ4n) is 1.27. The first-order chi connectivity index (χ1) is 5.88. The van der Waals surface area contributed by atoms with Crippen molar-refractivity contribution in [2.24, 2.45) is 5.41 Å². The molecule has 13 heavy (non-hydrogen) atoms. The Morgan fingerprint density at radius 3 is 2.38 bits per heavy atom. The summed E-state index contributed by atoms with van der Waals surface area (Å²) in [6, 6.07) is 5.37. The topological polar surface area (TPSA) is 20.2 Å². The average Bonchev–Trinajstić information content (AvgIpc) is 1.94. The Morgan fingerprint density at radius 1 is 1.31 bits per heavy atom. The van der Waals surface area contributed by atoms with Gasteiger partial charge in [-0.2, -0.15) is 0 Å². The van der Waals surface area contributed by atoms with Crippen molar-refractivity contribution in [1.29, 1.82) is 0 Å². The zero-order valence-electron chi connectivity index (χ0n) is 8.26. The molecule has 0 radical (unpaired) electrons. The quantitative estimate of drug-likeness (QED) is 0.731. The second-order valence-electron chi connectivity index (χ2n) is 4.52. The molecule has 0 saturated carbocycles. The van der Waals surface area contributed by atoms with Gasteiger partial charge in [0.2, 0.25) is 0 Å². The van der Waals surface area contributed by atoms with E-state index in [0.717, 1.165) is 12.0 Å². The Labute approximate surface area is 84.4 Å². The molecule has 0 atom stereocenters. The lowest BCUT2D eigenvalue weighted by atomic mass is 9.88. The van der Waals surface area contributed by atoms with E-state index in [1.165, 1.54) is 0 Å². The number of hydrogen-bond acceptors (Lipinski definition) is 1. The van der Waals surface area contributed by atoms with Crippen LogP contribution < -0.4 is 0 Å². The zero-order chi connectivity index (χ0) is 10.1. The van der Waals surface area contributed by atoms with Gasteiger partial charge in [0.25, 0.3) is 0 Å². The first-order valence-corrected chi connectivity index (χ1v) is 4.74. The molecule has 0 unspecified atom stereocenters. The first-order valence-electron chi connectivity index (χ1n) is 4.36. The van der Waals surface area contributed by atoms with Gasteiger partial charge in [-0.15, -0.1) is 0 Å². The van der Waals surface area contributed by atoms with Crippen LogP contribution in [0.15, 0.2) is 18.2 Å². The Morgan fingerprint density at radius 2 is 1.92 bits per heavy atom. The highest BCUT2D eigenvalue weighted by atomic mass is 35.5. The van der Waals surface area contributed by atoms with Crippen molar-refractivity contribution < 1.29 is 5.11 Å². The lowest BCUT2D eigenvalue weighted by Gasteiger charge is -2.18. The zero-order valence-corrected chi connectivity index (χ0v) is 9.02. The van der Waals surface area contributed by atoms with Gasteiger partial charge in [0, 0.05) is 0 Å². The third kappa shape index (κ3) is 3.27. The molecule has 1 N–H and O–H groups in total. The van der Waals surface area contributed by atoms with E-state index in [4.69, 9.17) is 11.6 Å². The summed E-state index contributed by atoms with van der Waals surface area (Å²) >= 11 is 5.79. The second kappa shape index (κ2) is 3.59. The predicted octanol–water partition coefficient (Wildman–Crippen LogP) is 3.63. The van der Waals surface area contributed by atoms with Crippen LogP contribution in [0.25, 0.3) is 0 Å². The molecule has 0 bridgehead atoms. The molecule has 1 rings (SSSR count). The van der Waals surface area contributed by atoms with Crippen LogP contribution in [0.2, 0.25) is 5.02 Å². The van der Waals surface area contributed by atoms with Gasteiger partial charge in [-0.05, 0) is 29.5 Å². The van der Waals surface area contributed by atoms with Gasteiger partial charge in [-0.1, -0.05) is 38.4 Å². The standard InChI is InChI=1S/C11H15ClO/c1-11(2,3)7-8-4-5-10(13)9(12)6-8/h4-6,13H,7H2,1-3H3. The van der Waals surface area contributed by atoms with E-state index in [1.807, 2.05) is 12.1 Å². The van der Waals surface area contributed by atoms with Crippen molar-refractivity contribution in [3.8, 4) is 5.75 Å². The number of halogens is 1. The number of aromatic hydroxyl groups is 1. The van der Waals surface area contributed by atoms with Crippen molar-refractivity contribution in [1.82, 2.24) is 0 Å². The lowest BCUT2D eigenvalue weighted by Crippen LogP contribution is -2.08. The molecule has 0 aliphatic carbocycles. The first kappa shape index (κ1) is 10.4. The number of phenolic OH excluding ortho intramolecular Hbond substituents is 1. The Hall–Kier alpha value is -0.690. The van der Waals surface area contributed by atoms with Crippen molar-refractivity contribution in [2.45, 2.75) is 27.2 Å². The van der Waals surface area contributed by atoms with Crippen LogP contribution in [-0.2, 0) is 6.42 Å². The van der Waals surface area contributed by atoms with E-state index in [-0.39, 0.29) is 11.2 Å². The van der Waals surface area contributed by atoms with Crippen LogP contribution in [0.4, 0.5) is 0 Å². The molecule has 0 aliphatic rings. The van der Waals surface area contributed by atoms with Gasteiger partial charge in [0.15, 0.2) is 0 Å². The highest BCUT2D eigenvalue weighted by Crippen LogP contribution is 2.27.